The summed E-state index contributed by atoms with van der Waals surface area (Å²) in [6.45, 7) is 3.36. The van der Waals surface area contributed by atoms with Crippen molar-refractivity contribution in [2.24, 2.45) is 0 Å². The van der Waals surface area contributed by atoms with Crippen LogP contribution in [0.3, 0.4) is 0 Å². The van der Waals surface area contributed by atoms with E-state index < -0.39 is 23.5 Å². The van der Waals surface area contributed by atoms with Crippen LogP contribution in [0, 0.1) is 13.8 Å². The number of hydrogen-bond donors (Lipinski definition) is 2. The molecule has 0 saturated carbocycles. The third-order valence-electron chi connectivity index (χ3n) is 4.74. The molecule has 1 aromatic heterocycles. The standard InChI is InChI=1S/C22H21NO6/c1-12-8-17(24)20-13(2)15(22(28)29-18(20)9-12)11-19(25)23-16(21(26)27)10-14-6-4-3-5-7-14/h3-9,16,24H,10-11H2,1-2H3,(H,23,25)(H,26,27)/p-1/t16-/m0/s1. The van der Waals surface area contributed by atoms with Crippen LogP contribution in [0.2, 0.25) is 0 Å². The number of carboxylic acid groups (broad SMARTS) is 1. The van der Waals surface area contributed by atoms with Gasteiger partial charge in [-0.15, -0.1) is 0 Å². The van der Waals surface area contributed by atoms with Gasteiger partial charge in [-0.05, 0) is 49.1 Å². The molecule has 0 spiro atoms. The van der Waals surface area contributed by atoms with Gasteiger partial charge in [0.2, 0.25) is 5.91 Å². The van der Waals surface area contributed by atoms with Crippen molar-refractivity contribution < 1.29 is 24.2 Å². The van der Waals surface area contributed by atoms with E-state index in [1.165, 1.54) is 6.07 Å². The third-order valence-corrected chi connectivity index (χ3v) is 4.74. The first-order chi connectivity index (χ1) is 13.8. The van der Waals surface area contributed by atoms with Gasteiger partial charge < -0.3 is 24.7 Å². The van der Waals surface area contributed by atoms with Gasteiger partial charge in [-0.25, -0.2) is 4.79 Å². The zero-order chi connectivity index (χ0) is 21.1. The van der Waals surface area contributed by atoms with E-state index in [9.17, 15) is 24.6 Å². The summed E-state index contributed by atoms with van der Waals surface area (Å²) >= 11 is 0. The lowest BCUT2D eigenvalue weighted by atomic mass is 10.0. The molecular weight excluding hydrogens is 374 g/mol. The van der Waals surface area contributed by atoms with Gasteiger partial charge in [-0.2, -0.15) is 0 Å². The van der Waals surface area contributed by atoms with Gasteiger partial charge in [0.1, 0.15) is 11.3 Å². The predicted molar refractivity (Wildman–Crippen MR) is 104 cm³/mol. The van der Waals surface area contributed by atoms with Gasteiger partial charge in [-0.3, -0.25) is 4.79 Å². The maximum absolute atomic E-state index is 12.5. The molecule has 0 bridgehead atoms. The summed E-state index contributed by atoms with van der Waals surface area (Å²) in [6.07, 6.45) is -0.323. The minimum Gasteiger partial charge on any atom is -0.548 e. The van der Waals surface area contributed by atoms with Crippen LogP contribution in [0.5, 0.6) is 5.75 Å². The van der Waals surface area contributed by atoms with Gasteiger partial charge in [0.25, 0.3) is 0 Å². The van der Waals surface area contributed by atoms with Crippen molar-refractivity contribution >= 4 is 22.8 Å². The highest BCUT2D eigenvalue weighted by molar-refractivity contribution is 5.90. The van der Waals surface area contributed by atoms with Gasteiger partial charge in [-0.1, -0.05) is 30.3 Å². The van der Waals surface area contributed by atoms with Crippen LogP contribution in [-0.2, 0) is 22.4 Å². The normalized spacial score (nSPS) is 11.9. The Morgan fingerprint density at radius 2 is 1.86 bits per heavy atom. The van der Waals surface area contributed by atoms with Crippen LogP contribution in [0.15, 0.2) is 51.7 Å². The number of phenolic OH excluding ortho intramolecular Hbond substituents is 1. The van der Waals surface area contributed by atoms with E-state index in [1.807, 2.05) is 0 Å². The SMILES string of the molecule is Cc1cc(O)c2c(C)c(CC(=O)N[C@@H](Cc3ccccc3)C(=O)[O-])c(=O)oc2c1. The number of aliphatic carboxylic acids is 1. The first kappa shape index (κ1) is 20.1. The average molecular weight is 394 g/mol. The molecule has 1 atom stereocenters. The zero-order valence-corrected chi connectivity index (χ0v) is 16.0. The Balaban J connectivity index is 1.85. The number of carbonyl (C=O) groups is 2. The summed E-state index contributed by atoms with van der Waals surface area (Å²) in [4.78, 5) is 36.3. The van der Waals surface area contributed by atoms with E-state index in [0.717, 1.165) is 11.1 Å². The molecule has 7 nitrogen and oxygen atoms in total. The third kappa shape index (κ3) is 4.45. The largest absolute Gasteiger partial charge is 0.548 e. The number of carbonyl (C=O) groups excluding carboxylic acids is 2. The number of aromatic hydroxyl groups is 1. The minimum atomic E-state index is -1.42. The van der Waals surface area contributed by atoms with Crippen LogP contribution in [0.4, 0.5) is 0 Å². The monoisotopic (exact) mass is 394 g/mol. The summed E-state index contributed by atoms with van der Waals surface area (Å²) in [5.74, 6) is -2.13. The molecule has 0 aliphatic rings. The number of nitrogens with one attached hydrogen (secondary N) is 1. The van der Waals surface area contributed by atoms with Crippen LogP contribution >= 0.6 is 0 Å². The number of rotatable bonds is 6. The highest BCUT2D eigenvalue weighted by atomic mass is 16.4. The summed E-state index contributed by atoms with van der Waals surface area (Å²) in [6, 6.07) is 10.7. The maximum atomic E-state index is 12.5. The average Bonchev–Trinajstić information content (AvgIpc) is 2.64. The molecule has 0 radical (unpaired) electrons. The van der Waals surface area contributed by atoms with E-state index in [0.29, 0.717) is 10.9 Å². The molecule has 3 rings (SSSR count). The second kappa shape index (κ2) is 8.18. The van der Waals surface area contributed by atoms with E-state index in [-0.39, 0.29) is 29.7 Å². The molecule has 2 aromatic carbocycles. The molecule has 7 heteroatoms. The van der Waals surface area contributed by atoms with Crippen LogP contribution in [0.25, 0.3) is 11.0 Å². The van der Waals surface area contributed by atoms with Crippen molar-refractivity contribution in [3.8, 4) is 5.75 Å². The van der Waals surface area contributed by atoms with Gasteiger partial charge in [0.05, 0.1) is 29.4 Å². The van der Waals surface area contributed by atoms with E-state index >= 15 is 0 Å². The van der Waals surface area contributed by atoms with Crippen molar-refractivity contribution in [1.82, 2.24) is 5.32 Å². The van der Waals surface area contributed by atoms with Crippen LogP contribution in [-0.4, -0.2) is 23.0 Å². The van der Waals surface area contributed by atoms with Gasteiger partial charge >= 0.3 is 5.63 Å². The Labute approximate surface area is 166 Å². The van der Waals surface area contributed by atoms with Crippen LogP contribution < -0.4 is 16.0 Å². The molecule has 2 N–H and O–H groups in total. The quantitative estimate of drug-likeness (QED) is 0.605. The highest BCUT2D eigenvalue weighted by Crippen LogP contribution is 2.29. The number of benzene rings is 2. The molecule has 0 unspecified atom stereocenters. The molecule has 3 aromatic rings. The highest BCUT2D eigenvalue weighted by Gasteiger charge is 2.20. The van der Waals surface area contributed by atoms with Crippen molar-refractivity contribution in [3.63, 3.8) is 0 Å². The van der Waals surface area contributed by atoms with Gasteiger partial charge in [0.15, 0.2) is 0 Å². The van der Waals surface area contributed by atoms with Crippen molar-refractivity contribution in [1.29, 1.82) is 0 Å². The lowest BCUT2D eigenvalue weighted by Gasteiger charge is -2.20. The molecular formula is C22H20NO6-. The molecule has 150 valence electrons. The Kier molecular flexibility index (Phi) is 5.68. The molecule has 0 aliphatic heterocycles. The van der Waals surface area contributed by atoms with Gasteiger partial charge in [0, 0.05) is 0 Å². The molecule has 1 amide bonds. The Bertz CT molecular complexity index is 1130. The Hall–Kier alpha value is -3.61. The molecule has 0 fully saturated rings. The number of hydrogen-bond acceptors (Lipinski definition) is 6. The molecule has 0 aliphatic carbocycles. The smallest absolute Gasteiger partial charge is 0.340 e. The topological polar surface area (TPSA) is 120 Å². The van der Waals surface area contributed by atoms with E-state index in [2.05, 4.69) is 5.32 Å². The second-order valence-corrected chi connectivity index (χ2v) is 6.96. The zero-order valence-electron chi connectivity index (χ0n) is 16.0. The second-order valence-electron chi connectivity index (χ2n) is 6.96. The summed E-state index contributed by atoms with van der Waals surface area (Å²) < 4.78 is 5.26. The number of amides is 1. The Morgan fingerprint density at radius 3 is 2.52 bits per heavy atom. The van der Waals surface area contributed by atoms with Crippen molar-refractivity contribution in [2.45, 2.75) is 32.7 Å². The maximum Gasteiger partial charge on any atom is 0.340 e. The number of phenols is 1. The van der Waals surface area contributed by atoms with Crippen molar-refractivity contribution in [3.05, 3.63) is 75.1 Å². The number of aryl methyl sites for hydroxylation is 2. The first-order valence-corrected chi connectivity index (χ1v) is 9.06. The van der Waals surface area contributed by atoms with Crippen molar-refractivity contribution in [2.75, 3.05) is 0 Å². The van der Waals surface area contributed by atoms with E-state index in [1.54, 1.807) is 50.2 Å². The summed E-state index contributed by atoms with van der Waals surface area (Å²) in [7, 11) is 0. The summed E-state index contributed by atoms with van der Waals surface area (Å²) in [5.41, 5.74) is 1.45. The predicted octanol–water partition coefficient (Wildman–Crippen LogP) is 1.14. The van der Waals surface area contributed by atoms with Crippen LogP contribution in [0.1, 0.15) is 22.3 Å². The first-order valence-electron chi connectivity index (χ1n) is 9.06. The summed E-state index contributed by atoms with van der Waals surface area (Å²) in [5, 5.41) is 24.4. The molecule has 1 heterocycles. The van der Waals surface area contributed by atoms with E-state index in [4.69, 9.17) is 4.42 Å². The minimum absolute atomic E-state index is 0.0558. The molecule has 29 heavy (non-hydrogen) atoms. The lowest BCUT2D eigenvalue weighted by Crippen LogP contribution is -2.49. The molecule has 0 saturated heterocycles. The fourth-order valence-corrected chi connectivity index (χ4v) is 3.31. The Morgan fingerprint density at radius 1 is 1.17 bits per heavy atom. The lowest BCUT2D eigenvalue weighted by molar-refractivity contribution is -0.308. The fourth-order valence-electron chi connectivity index (χ4n) is 3.31. The fraction of sp³-hybridized carbons (Fsp3) is 0.227. The number of fused-ring (bicyclic) bond motifs is 1. The number of carboxylic acids is 1.